The Labute approximate surface area is 147 Å². The van der Waals surface area contributed by atoms with E-state index in [2.05, 4.69) is 34.1 Å². The van der Waals surface area contributed by atoms with E-state index in [1.807, 2.05) is 54.2 Å². The molecule has 0 aliphatic carbocycles. The smallest absolute Gasteiger partial charge is 0.160 e. The number of rotatable bonds is 6. The third-order valence-corrected chi connectivity index (χ3v) is 3.82. The van der Waals surface area contributed by atoms with Crippen molar-refractivity contribution in [1.82, 2.24) is 14.6 Å². The van der Waals surface area contributed by atoms with Crippen molar-refractivity contribution in [2.24, 2.45) is 4.99 Å². The molecule has 3 rings (SSSR count). The zero-order valence-corrected chi connectivity index (χ0v) is 14.5. The number of aliphatic imine (C=N–C) groups is 1. The third kappa shape index (κ3) is 3.66. The van der Waals surface area contributed by atoms with Crippen molar-refractivity contribution in [2.45, 2.75) is 6.92 Å². The first-order chi connectivity index (χ1) is 12.2. The molecule has 1 N–H and O–H groups in total. The van der Waals surface area contributed by atoms with Gasteiger partial charge in [-0.15, -0.1) is 0 Å². The van der Waals surface area contributed by atoms with Crippen molar-refractivity contribution in [2.75, 3.05) is 18.9 Å². The van der Waals surface area contributed by atoms with Crippen LogP contribution in [0.25, 0.3) is 16.9 Å². The monoisotopic (exact) mass is 331 g/mol. The lowest BCUT2D eigenvalue weighted by molar-refractivity contribution is 0.937. The Balaban J connectivity index is 2.01. The third-order valence-electron chi connectivity index (χ3n) is 3.82. The minimum absolute atomic E-state index is 0.621. The molecule has 0 aliphatic heterocycles. The summed E-state index contributed by atoms with van der Waals surface area (Å²) in [6.07, 6.45) is 7.34. The largest absolute Gasteiger partial charge is 0.366 e. The van der Waals surface area contributed by atoms with Gasteiger partial charge in [-0.3, -0.25) is 4.99 Å². The van der Waals surface area contributed by atoms with Crippen LogP contribution in [0.15, 0.2) is 71.9 Å². The van der Waals surface area contributed by atoms with Crippen LogP contribution in [-0.4, -0.2) is 34.4 Å². The van der Waals surface area contributed by atoms with Crippen molar-refractivity contribution >= 4 is 17.7 Å². The standard InChI is InChI=1S/C20H21N5/c1-4-8-16(13-21-3)14-22-19-11-18(17-9-6-5-7-10-17)24-20-15(2)12-23-25(19)20/h4-13,22H,1,14H2,2-3H3/b16-8+,21-13?. The summed E-state index contributed by atoms with van der Waals surface area (Å²) < 4.78 is 1.83. The second kappa shape index (κ2) is 7.57. The zero-order valence-electron chi connectivity index (χ0n) is 14.5. The van der Waals surface area contributed by atoms with E-state index in [1.165, 1.54) is 0 Å². The van der Waals surface area contributed by atoms with E-state index >= 15 is 0 Å². The Hall–Kier alpha value is -3.21. The summed E-state index contributed by atoms with van der Waals surface area (Å²) in [6, 6.07) is 12.2. The summed E-state index contributed by atoms with van der Waals surface area (Å²) in [6.45, 7) is 6.39. The fourth-order valence-corrected chi connectivity index (χ4v) is 2.61. The van der Waals surface area contributed by atoms with Gasteiger partial charge in [0.15, 0.2) is 5.65 Å². The Bertz CT molecular complexity index is 935. The number of anilines is 1. The van der Waals surface area contributed by atoms with Crippen molar-refractivity contribution in [1.29, 1.82) is 0 Å². The quantitative estimate of drug-likeness (QED) is 0.550. The van der Waals surface area contributed by atoms with E-state index < -0.39 is 0 Å². The molecule has 0 spiro atoms. The molecule has 25 heavy (non-hydrogen) atoms. The molecule has 2 aromatic heterocycles. The maximum Gasteiger partial charge on any atom is 0.160 e. The lowest BCUT2D eigenvalue weighted by Gasteiger charge is -2.11. The zero-order chi connectivity index (χ0) is 17.6. The molecule has 0 saturated heterocycles. The number of nitrogens with zero attached hydrogens (tertiary/aromatic N) is 4. The fraction of sp³-hybridized carbons (Fsp3) is 0.150. The topological polar surface area (TPSA) is 54.6 Å². The van der Waals surface area contributed by atoms with Gasteiger partial charge in [0.05, 0.1) is 11.9 Å². The fourth-order valence-electron chi connectivity index (χ4n) is 2.61. The number of hydrogen-bond donors (Lipinski definition) is 1. The number of aryl methyl sites for hydroxylation is 1. The van der Waals surface area contributed by atoms with Gasteiger partial charge in [-0.1, -0.05) is 49.1 Å². The maximum atomic E-state index is 4.77. The number of allylic oxidation sites excluding steroid dienone is 2. The predicted molar refractivity (Wildman–Crippen MR) is 104 cm³/mol. The van der Waals surface area contributed by atoms with Gasteiger partial charge in [-0.25, -0.2) is 4.98 Å². The van der Waals surface area contributed by atoms with Crippen molar-refractivity contribution < 1.29 is 0 Å². The van der Waals surface area contributed by atoms with Crippen LogP contribution < -0.4 is 5.32 Å². The lowest BCUT2D eigenvalue weighted by atomic mass is 10.1. The molecule has 0 unspecified atom stereocenters. The average Bonchev–Trinajstić information content (AvgIpc) is 3.02. The molecule has 0 saturated carbocycles. The van der Waals surface area contributed by atoms with Crippen LogP contribution in [0.5, 0.6) is 0 Å². The maximum absolute atomic E-state index is 4.77. The van der Waals surface area contributed by atoms with Crippen molar-refractivity contribution in [3.8, 4) is 11.3 Å². The summed E-state index contributed by atoms with van der Waals surface area (Å²) in [5.41, 5.74) is 4.91. The number of hydrogen-bond acceptors (Lipinski definition) is 4. The summed E-state index contributed by atoms with van der Waals surface area (Å²) in [7, 11) is 1.76. The van der Waals surface area contributed by atoms with Gasteiger partial charge in [0, 0.05) is 37.0 Å². The highest BCUT2D eigenvalue weighted by Crippen LogP contribution is 2.23. The molecule has 0 bridgehead atoms. The Morgan fingerprint density at radius 3 is 2.84 bits per heavy atom. The molecule has 126 valence electrons. The van der Waals surface area contributed by atoms with Crippen LogP contribution in [-0.2, 0) is 0 Å². The van der Waals surface area contributed by atoms with E-state index in [0.717, 1.165) is 33.9 Å². The summed E-state index contributed by atoms with van der Waals surface area (Å²) in [5.74, 6) is 0.886. The minimum Gasteiger partial charge on any atom is -0.366 e. The summed E-state index contributed by atoms with van der Waals surface area (Å²) >= 11 is 0. The van der Waals surface area contributed by atoms with E-state index in [0.29, 0.717) is 6.54 Å². The summed E-state index contributed by atoms with van der Waals surface area (Å²) in [4.78, 5) is 8.85. The summed E-state index contributed by atoms with van der Waals surface area (Å²) in [5, 5.41) is 7.88. The minimum atomic E-state index is 0.621. The second-order valence-electron chi connectivity index (χ2n) is 5.67. The highest BCUT2D eigenvalue weighted by atomic mass is 15.3. The first kappa shape index (κ1) is 16.6. The van der Waals surface area contributed by atoms with Gasteiger partial charge in [0.1, 0.15) is 5.82 Å². The van der Waals surface area contributed by atoms with E-state index in [-0.39, 0.29) is 0 Å². The molecule has 3 aromatic rings. The molecule has 0 atom stereocenters. The van der Waals surface area contributed by atoms with Gasteiger partial charge in [-0.05, 0) is 12.5 Å². The number of aromatic nitrogens is 3. The van der Waals surface area contributed by atoms with Gasteiger partial charge in [0.25, 0.3) is 0 Å². The van der Waals surface area contributed by atoms with Crippen molar-refractivity contribution in [3.63, 3.8) is 0 Å². The highest BCUT2D eigenvalue weighted by Gasteiger charge is 2.10. The molecule has 2 heterocycles. The lowest BCUT2D eigenvalue weighted by Crippen LogP contribution is -2.10. The Morgan fingerprint density at radius 1 is 1.32 bits per heavy atom. The molecule has 5 heteroatoms. The van der Waals surface area contributed by atoms with Crippen LogP contribution in [0.4, 0.5) is 5.82 Å². The van der Waals surface area contributed by atoms with E-state index in [1.54, 1.807) is 13.1 Å². The highest BCUT2D eigenvalue weighted by molar-refractivity contribution is 5.80. The predicted octanol–water partition coefficient (Wildman–Crippen LogP) is 3.93. The number of nitrogens with one attached hydrogen (secondary N) is 1. The molecule has 0 aliphatic rings. The molecular formula is C20H21N5. The molecule has 0 fully saturated rings. The molecule has 5 nitrogen and oxygen atoms in total. The molecule has 0 amide bonds. The average molecular weight is 331 g/mol. The van der Waals surface area contributed by atoms with Crippen molar-refractivity contribution in [3.05, 3.63) is 72.5 Å². The number of benzene rings is 1. The van der Waals surface area contributed by atoms with Crippen LogP contribution in [0.2, 0.25) is 0 Å². The van der Waals surface area contributed by atoms with E-state index in [4.69, 9.17) is 4.98 Å². The first-order valence-corrected chi connectivity index (χ1v) is 8.11. The second-order valence-corrected chi connectivity index (χ2v) is 5.67. The van der Waals surface area contributed by atoms with Gasteiger partial charge < -0.3 is 5.32 Å². The normalized spacial score (nSPS) is 12.0. The van der Waals surface area contributed by atoms with Crippen LogP contribution in [0.3, 0.4) is 0 Å². The van der Waals surface area contributed by atoms with E-state index in [9.17, 15) is 0 Å². The SMILES string of the molecule is C=C/C=C(\C=NC)CNc1cc(-c2ccccc2)nc2c(C)cnn12. The Kier molecular flexibility index (Phi) is 5.04. The van der Waals surface area contributed by atoms with Crippen LogP contribution >= 0.6 is 0 Å². The van der Waals surface area contributed by atoms with Gasteiger partial charge in [0.2, 0.25) is 0 Å². The van der Waals surface area contributed by atoms with Crippen LogP contribution in [0.1, 0.15) is 5.56 Å². The first-order valence-electron chi connectivity index (χ1n) is 8.11. The van der Waals surface area contributed by atoms with Gasteiger partial charge >= 0.3 is 0 Å². The van der Waals surface area contributed by atoms with Crippen LogP contribution in [0, 0.1) is 6.92 Å². The molecule has 1 aromatic carbocycles. The van der Waals surface area contributed by atoms with Gasteiger partial charge in [-0.2, -0.15) is 9.61 Å². The molecule has 0 radical (unpaired) electrons. The number of fused-ring (bicyclic) bond motifs is 1. The Morgan fingerprint density at radius 2 is 2.12 bits per heavy atom. The molecular weight excluding hydrogens is 310 g/mol.